The summed E-state index contributed by atoms with van der Waals surface area (Å²) in [6.07, 6.45) is 6.70. The van der Waals surface area contributed by atoms with Gasteiger partial charge in [0, 0.05) is 11.5 Å². The minimum Gasteiger partial charge on any atom is -0.388 e. The molecule has 0 spiro atoms. The lowest BCUT2D eigenvalue weighted by molar-refractivity contribution is -0.0917. The van der Waals surface area contributed by atoms with Crippen molar-refractivity contribution in [2.24, 2.45) is 5.92 Å². The maximum absolute atomic E-state index is 12.6. The molecule has 2 atom stereocenters. The molecular weight excluding hydrogens is 442 g/mol. The summed E-state index contributed by atoms with van der Waals surface area (Å²) in [7, 11) is 0. The normalized spacial score (nSPS) is 20.1. The van der Waals surface area contributed by atoms with Gasteiger partial charge in [-0.2, -0.15) is 0 Å². The predicted octanol–water partition coefficient (Wildman–Crippen LogP) is 4.22. The Morgan fingerprint density at radius 3 is 2.63 bits per heavy atom. The fourth-order valence-corrected chi connectivity index (χ4v) is 4.79. The van der Waals surface area contributed by atoms with Gasteiger partial charge in [0.1, 0.15) is 6.33 Å². The smallest absolute Gasteiger partial charge is 0.256 e. The van der Waals surface area contributed by atoms with Crippen LogP contribution in [0, 0.1) is 5.92 Å². The second-order valence-electron chi connectivity index (χ2n) is 9.13. The third-order valence-corrected chi connectivity index (χ3v) is 6.72. The van der Waals surface area contributed by atoms with Crippen molar-refractivity contribution in [3.05, 3.63) is 84.4 Å². The van der Waals surface area contributed by atoms with Gasteiger partial charge in [-0.25, -0.2) is 15.0 Å². The lowest BCUT2D eigenvalue weighted by Crippen LogP contribution is -2.46. The van der Waals surface area contributed by atoms with Gasteiger partial charge in [0.25, 0.3) is 5.91 Å². The zero-order chi connectivity index (χ0) is 24.1. The van der Waals surface area contributed by atoms with Crippen molar-refractivity contribution < 1.29 is 14.6 Å². The predicted molar refractivity (Wildman–Crippen MR) is 133 cm³/mol. The number of fused-ring (bicyclic) bond motifs is 1. The highest BCUT2D eigenvalue weighted by atomic mass is 16.5. The summed E-state index contributed by atoms with van der Waals surface area (Å²) >= 11 is 0. The third-order valence-electron chi connectivity index (χ3n) is 6.72. The molecule has 2 N–H and O–H groups in total. The summed E-state index contributed by atoms with van der Waals surface area (Å²) < 4.78 is 7.86. The Labute approximate surface area is 204 Å². The number of rotatable bonds is 8. The second kappa shape index (κ2) is 10.3. The molecule has 5 rings (SSSR count). The molecule has 0 radical (unpaired) electrons. The van der Waals surface area contributed by atoms with E-state index >= 15 is 0 Å². The van der Waals surface area contributed by atoms with Crippen molar-refractivity contribution in [1.29, 1.82) is 0 Å². The average molecular weight is 472 g/mol. The van der Waals surface area contributed by atoms with Crippen molar-refractivity contribution in [2.75, 3.05) is 11.9 Å². The molecule has 1 fully saturated rings. The molecule has 1 saturated carbocycles. The number of nitrogens with one attached hydrogen (secondary N) is 1. The first-order chi connectivity index (χ1) is 17.1. The van der Waals surface area contributed by atoms with Crippen LogP contribution in [0.25, 0.3) is 11.2 Å². The molecular formula is C27H29N5O3. The van der Waals surface area contributed by atoms with Gasteiger partial charge in [-0.3, -0.25) is 4.79 Å². The summed E-state index contributed by atoms with van der Waals surface area (Å²) in [6.45, 7) is 1.37. The number of carbonyl (C=O) groups is 1. The van der Waals surface area contributed by atoms with Crippen molar-refractivity contribution in [2.45, 2.75) is 44.4 Å². The minimum atomic E-state index is -0.930. The van der Waals surface area contributed by atoms with Crippen LogP contribution in [-0.4, -0.2) is 42.7 Å². The highest BCUT2D eigenvalue weighted by Crippen LogP contribution is 2.36. The molecule has 1 aliphatic rings. The van der Waals surface area contributed by atoms with Crippen LogP contribution in [0.15, 0.2) is 73.3 Å². The number of aromatic nitrogens is 4. The molecule has 2 aromatic carbocycles. The first-order valence-corrected chi connectivity index (χ1v) is 12.0. The molecule has 180 valence electrons. The molecule has 4 aromatic rings. The number of carbonyl (C=O) groups excluding carboxylic acids is 1. The summed E-state index contributed by atoms with van der Waals surface area (Å²) in [4.78, 5) is 25.7. The SMILES string of the molecule is O=C(Nc1ncnc2c1ncn2C[C@]1(O)CCCC[C@@H]1COCc1ccccc1)c1ccccc1. The summed E-state index contributed by atoms with van der Waals surface area (Å²) in [6, 6.07) is 19.0. The van der Waals surface area contributed by atoms with E-state index in [0.717, 1.165) is 24.8 Å². The van der Waals surface area contributed by atoms with E-state index in [1.807, 2.05) is 53.1 Å². The van der Waals surface area contributed by atoms with Crippen LogP contribution in [0.4, 0.5) is 5.82 Å². The van der Waals surface area contributed by atoms with Crippen molar-refractivity contribution in [1.82, 2.24) is 19.5 Å². The van der Waals surface area contributed by atoms with Crippen LogP contribution in [-0.2, 0) is 17.9 Å². The van der Waals surface area contributed by atoms with Crippen molar-refractivity contribution in [3.63, 3.8) is 0 Å². The average Bonchev–Trinajstić information content (AvgIpc) is 3.29. The Morgan fingerprint density at radius 1 is 1.06 bits per heavy atom. The minimum absolute atomic E-state index is 0.0107. The van der Waals surface area contributed by atoms with Crippen LogP contribution in [0.2, 0.25) is 0 Å². The van der Waals surface area contributed by atoms with E-state index in [0.29, 0.717) is 48.7 Å². The van der Waals surface area contributed by atoms with E-state index < -0.39 is 5.60 Å². The van der Waals surface area contributed by atoms with E-state index in [9.17, 15) is 9.90 Å². The number of amides is 1. The lowest BCUT2D eigenvalue weighted by Gasteiger charge is -2.40. The molecule has 1 amide bonds. The van der Waals surface area contributed by atoms with Crippen LogP contribution in [0.1, 0.15) is 41.6 Å². The molecule has 2 aromatic heterocycles. The molecule has 8 heteroatoms. The van der Waals surface area contributed by atoms with Gasteiger partial charge in [-0.1, -0.05) is 61.4 Å². The number of imidazole rings is 1. The fraction of sp³-hybridized carbons (Fsp3) is 0.333. The van der Waals surface area contributed by atoms with Gasteiger partial charge in [-0.05, 0) is 30.5 Å². The Bertz CT molecular complexity index is 1280. The van der Waals surface area contributed by atoms with Crippen molar-refractivity contribution in [3.8, 4) is 0 Å². The molecule has 2 heterocycles. The van der Waals surface area contributed by atoms with E-state index in [2.05, 4.69) is 20.3 Å². The van der Waals surface area contributed by atoms with Gasteiger partial charge in [0.05, 0.1) is 31.7 Å². The number of aliphatic hydroxyl groups is 1. The second-order valence-corrected chi connectivity index (χ2v) is 9.13. The first-order valence-electron chi connectivity index (χ1n) is 12.0. The number of ether oxygens (including phenoxy) is 1. The quantitative estimate of drug-likeness (QED) is 0.399. The van der Waals surface area contributed by atoms with Gasteiger partial charge in [-0.15, -0.1) is 0 Å². The van der Waals surface area contributed by atoms with Gasteiger partial charge < -0.3 is 19.7 Å². The van der Waals surface area contributed by atoms with Crippen LogP contribution in [0.5, 0.6) is 0 Å². The van der Waals surface area contributed by atoms with E-state index in [1.165, 1.54) is 6.33 Å². The van der Waals surface area contributed by atoms with Gasteiger partial charge in [0.15, 0.2) is 17.0 Å². The standard InChI is InChI=1S/C27H29N5O3/c33-26(21-11-5-2-6-12-21)31-24-23-25(29-18-28-24)32(19-30-23)17-27(34)14-8-7-13-22(27)16-35-15-20-9-3-1-4-10-20/h1-6,9-12,18-19,22,34H,7-8,13-17H2,(H,28,29,31,33)/t22-,27-/m1/s1. The first kappa shape index (κ1) is 23.1. The van der Waals surface area contributed by atoms with Gasteiger partial charge >= 0.3 is 0 Å². The maximum atomic E-state index is 12.6. The van der Waals surface area contributed by atoms with Crippen molar-refractivity contribution >= 4 is 22.9 Å². The number of hydrogen-bond donors (Lipinski definition) is 2. The zero-order valence-electron chi connectivity index (χ0n) is 19.5. The number of anilines is 1. The van der Waals surface area contributed by atoms with E-state index in [1.54, 1.807) is 18.5 Å². The number of benzene rings is 2. The molecule has 0 saturated heterocycles. The number of nitrogens with zero attached hydrogens (tertiary/aromatic N) is 4. The molecule has 0 bridgehead atoms. The topological polar surface area (TPSA) is 102 Å². The zero-order valence-corrected chi connectivity index (χ0v) is 19.5. The largest absolute Gasteiger partial charge is 0.388 e. The van der Waals surface area contributed by atoms with Crippen LogP contribution < -0.4 is 5.32 Å². The Balaban J connectivity index is 1.31. The highest BCUT2D eigenvalue weighted by Gasteiger charge is 2.39. The number of hydrogen-bond acceptors (Lipinski definition) is 6. The maximum Gasteiger partial charge on any atom is 0.256 e. The Kier molecular flexibility index (Phi) is 6.83. The Hall–Kier alpha value is -3.62. The molecule has 0 unspecified atom stereocenters. The highest BCUT2D eigenvalue weighted by molar-refractivity contribution is 6.06. The summed E-state index contributed by atoms with van der Waals surface area (Å²) in [5, 5.41) is 14.5. The lowest BCUT2D eigenvalue weighted by atomic mass is 9.75. The molecule has 35 heavy (non-hydrogen) atoms. The molecule has 8 nitrogen and oxygen atoms in total. The van der Waals surface area contributed by atoms with E-state index in [-0.39, 0.29) is 11.8 Å². The monoisotopic (exact) mass is 471 g/mol. The summed E-state index contributed by atoms with van der Waals surface area (Å²) in [5.41, 5.74) is 1.79. The summed E-state index contributed by atoms with van der Waals surface area (Å²) in [5.74, 6) is 0.0965. The van der Waals surface area contributed by atoms with Crippen LogP contribution in [0.3, 0.4) is 0 Å². The van der Waals surface area contributed by atoms with Crippen LogP contribution >= 0.6 is 0 Å². The van der Waals surface area contributed by atoms with Gasteiger partial charge in [0.2, 0.25) is 0 Å². The third kappa shape index (κ3) is 5.23. The molecule has 1 aliphatic carbocycles. The Morgan fingerprint density at radius 2 is 1.83 bits per heavy atom. The fourth-order valence-electron chi connectivity index (χ4n) is 4.79. The van der Waals surface area contributed by atoms with E-state index in [4.69, 9.17) is 4.74 Å². The molecule has 0 aliphatic heterocycles.